The van der Waals surface area contributed by atoms with Crippen LogP contribution in [0.2, 0.25) is 0 Å². The van der Waals surface area contributed by atoms with Crippen molar-refractivity contribution in [3.8, 4) is 0 Å². The van der Waals surface area contributed by atoms with Crippen LogP contribution in [0, 0.1) is 0 Å². The van der Waals surface area contributed by atoms with Crippen LogP contribution >= 0.6 is 0 Å². The summed E-state index contributed by atoms with van der Waals surface area (Å²) in [6.45, 7) is -0.526. The molecule has 0 spiro atoms. The highest BCUT2D eigenvalue weighted by Crippen LogP contribution is 2.33. The van der Waals surface area contributed by atoms with Gasteiger partial charge >= 0.3 is 0 Å². The highest BCUT2D eigenvalue weighted by atomic mass is 19.1. The molecule has 0 saturated carbocycles. The number of fused-ring (bicyclic) bond motifs is 1. The summed E-state index contributed by atoms with van der Waals surface area (Å²) in [4.78, 5) is 19.9. The van der Waals surface area contributed by atoms with E-state index in [0.29, 0.717) is 0 Å². The van der Waals surface area contributed by atoms with E-state index in [-0.39, 0.29) is 17.1 Å². The van der Waals surface area contributed by atoms with Crippen molar-refractivity contribution in [2.24, 2.45) is 7.05 Å². The molecule has 0 bridgehead atoms. The zero-order valence-electron chi connectivity index (χ0n) is 11.0. The second kappa shape index (κ2) is 4.76. The number of aliphatic hydroxyl groups excluding tert-OH is 2. The number of aliphatic hydroxyl groups is 2. The second-order valence-electron chi connectivity index (χ2n) is 4.84. The number of imidazole rings is 1. The lowest BCUT2D eigenvalue weighted by Crippen LogP contribution is -2.30. The fourth-order valence-corrected chi connectivity index (χ4v) is 2.33. The van der Waals surface area contributed by atoms with Crippen LogP contribution in [0.4, 0.5) is 10.3 Å². The molecule has 0 aliphatic carbocycles. The lowest BCUT2D eigenvalue weighted by atomic mass is 10.1. The first kappa shape index (κ1) is 13.9. The van der Waals surface area contributed by atoms with E-state index < -0.39 is 36.8 Å². The fourth-order valence-electron chi connectivity index (χ4n) is 2.33. The number of nitrogen functional groups attached to an aromatic ring is 1. The van der Waals surface area contributed by atoms with Gasteiger partial charge in [-0.2, -0.15) is 4.98 Å². The zero-order chi connectivity index (χ0) is 15.3. The third-order valence-corrected chi connectivity index (χ3v) is 3.59. The Morgan fingerprint density at radius 1 is 1.57 bits per heavy atom. The first-order valence-electron chi connectivity index (χ1n) is 6.23. The molecule has 1 saturated heterocycles. The molecule has 114 valence electrons. The Morgan fingerprint density at radius 2 is 2.29 bits per heavy atom. The van der Waals surface area contributed by atoms with Crippen LogP contribution in [0.1, 0.15) is 6.23 Å². The summed E-state index contributed by atoms with van der Waals surface area (Å²) in [6.07, 6.45) is -4.34. The largest absolute Gasteiger partial charge is 0.394 e. The van der Waals surface area contributed by atoms with Crippen LogP contribution in [0.15, 0.2) is 11.1 Å². The molecular formula is C11H14FN5O4. The summed E-state index contributed by atoms with van der Waals surface area (Å²) in [5.41, 5.74) is 5.23. The first-order chi connectivity index (χ1) is 9.95. The molecule has 0 radical (unpaired) electrons. The van der Waals surface area contributed by atoms with E-state index in [4.69, 9.17) is 15.6 Å². The fraction of sp³-hybridized carbons (Fsp3) is 0.545. The van der Waals surface area contributed by atoms with Crippen molar-refractivity contribution in [2.45, 2.75) is 24.6 Å². The molecule has 1 unspecified atom stereocenters. The van der Waals surface area contributed by atoms with Crippen LogP contribution in [-0.2, 0) is 11.8 Å². The predicted molar refractivity (Wildman–Crippen MR) is 69.1 cm³/mol. The van der Waals surface area contributed by atoms with E-state index in [1.807, 2.05) is 0 Å². The van der Waals surface area contributed by atoms with Gasteiger partial charge in [0.05, 0.1) is 12.9 Å². The molecule has 10 heteroatoms. The highest BCUT2D eigenvalue weighted by molar-refractivity contribution is 5.71. The van der Waals surface area contributed by atoms with Crippen LogP contribution < -0.4 is 11.3 Å². The second-order valence-corrected chi connectivity index (χ2v) is 4.84. The molecule has 3 heterocycles. The Kier molecular flexibility index (Phi) is 3.15. The van der Waals surface area contributed by atoms with Crippen molar-refractivity contribution in [3.63, 3.8) is 0 Å². The van der Waals surface area contributed by atoms with Gasteiger partial charge in [-0.25, -0.2) is 9.37 Å². The Morgan fingerprint density at radius 3 is 2.90 bits per heavy atom. The SMILES string of the molecule is Cn1c(N)nc2c(ncn2[C@@H]2O[C@H](CO)[C@H](O)C2F)c1=O. The Hall–Kier alpha value is -2.04. The van der Waals surface area contributed by atoms with Crippen molar-refractivity contribution in [1.29, 1.82) is 0 Å². The number of aromatic nitrogens is 4. The maximum Gasteiger partial charge on any atom is 0.282 e. The number of rotatable bonds is 2. The molecule has 4 atom stereocenters. The molecule has 3 rings (SSSR count). The Labute approximate surface area is 117 Å². The van der Waals surface area contributed by atoms with Crippen molar-refractivity contribution in [2.75, 3.05) is 12.3 Å². The summed E-state index contributed by atoms with van der Waals surface area (Å²) in [6, 6.07) is 0. The normalized spacial score (nSPS) is 29.3. The minimum Gasteiger partial charge on any atom is -0.394 e. The highest BCUT2D eigenvalue weighted by Gasteiger charge is 2.45. The summed E-state index contributed by atoms with van der Waals surface area (Å²) in [5.74, 6) is -0.0538. The van der Waals surface area contributed by atoms with Crippen molar-refractivity contribution in [3.05, 3.63) is 16.7 Å². The summed E-state index contributed by atoms with van der Waals surface area (Å²) >= 11 is 0. The molecule has 4 N–H and O–H groups in total. The number of alkyl halides is 1. The average molecular weight is 299 g/mol. The van der Waals surface area contributed by atoms with Gasteiger partial charge < -0.3 is 20.7 Å². The van der Waals surface area contributed by atoms with E-state index in [1.165, 1.54) is 17.9 Å². The van der Waals surface area contributed by atoms with Gasteiger partial charge in [-0.15, -0.1) is 0 Å². The maximum absolute atomic E-state index is 14.1. The molecule has 1 fully saturated rings. The number of nitrogens with two attached hydrogens (primary N) is 1. The van der Waals surface area contributed by atoms with Crippen LogP contribution in [-0.4, -0.2) is 54.3 Å². The van der Waals surface area contributed by atoms with Crippen LogP contribution in [0.3, 0.4) is 0 Å². The molecule has 2 aromatic heterocycles. The third kappa shape index (κ3) is 1.91. The van der Waals surface area contributed by atoms with Gasteiger partial charge in [0, 0.05) is 7.05 Å². The van der Waals surface area contributed by atoms with Gasteiger partial charge in [-0.3, -0.25) is 13.9 Å². The molecule has 2 aromatic rings. The molecule has 1 aliphatic rings. The topological polar surface area (TPSA) is 128 Å². The van der Waals surface area contributed by atoms with E-state index in [2.05, 4.69) is 9.97 Å². The number of hydrogen-bond donors (Lipinski definition) is 3. The average Bonchev–Trinajstić information content (AvgIpc) is 2.99. The Balaban J connectivity index is 2.12. The number of anilines is 1. The Bertz CT molecular complexity index is 744. The predicted octanol–water partition coefficient (Wildman–Crippen LogP) is -1.70. The molecular weight excluding hydrogens is 285 g/mol. The number of hydrogen-bond acceptors (Lipinski definition) is 7. The van der Waals surface area contributed by atoms with Gasteiger partial charge in [-0.1, -0.05) is 0 Å². The van der Waals surface area contributed by atoms with Gasteiger partial charge in [0.25, 0.3) is 5.56 Å². The van der Waals surface area contributed by atoms with E-state index >= 15 is 0 Å². The van der Waals surface area contributed by atoms with E-state index in [9.17, 15) is 14.3 Å². The minimum atomic E-state index is -1.79. The number of nitrogens with zero attached hydrogens (tertiary/aromatic N) is 4. The lowest BCUT2D eigenvalue weighted by molar-refractivity contribution is -0.0459. The standard InChI is InChI=1S/C11H14FN5O4/c1-16-9(20)6-8(15-11(16)13)17(3-14-6)10-5(12)7(19)4(2-18)21-10/h3-5,7,10,18-19H,2H2,1H3,(H2,13,15)/t4-,5?,7+,10-/m1/s1. The van der Waals surface area contributed by atoms with Gasteiger partial charge in [0.15, 0.2) is 23.6 Å². The molecule has 1 aliphatic heterocycles. The lowest BCUT2D eigenvalue weighted by Gasteiger charge is -2.15. The molecule has 21 heavy (non-hydrogen) atoms. The minimum absolute atomic E-state index is 0.0180. The summed E-state index contributed by atoms with van der Waals surface area (Å²) in [7, 11) is 1.44. The van der Waals surface area contributed by atoms with Gasteiger partial charge in [0.1, 0.15) is 12.2 Å². The maximum atomic E-state index is 14.1. The smallest absolute Gasteiger partial charge is 0.282 e. The van der Waals surface area contributed by atoms with Gasteiger partial charge in [-0.05, 0) is 0 Å². The molecule has 0 amide bonds. The first-order valence-corrected chi connectivity index (χ1v) is 6.23. The van der Waals surface area contributed by atoms with Crippen molar-refractivity contribution < 1.29 is 19.3 Å². The van der Waals surface area contributed by atoms with E-state index in [1.54, 1.807) is 0 Å². The van der Waals surface area contributed by atoms with Crippen LogP contribution in [0.5, 0.6) is 0 Å². The molecule has 9 nitrogen and oxygen atoms in total. The van der Waals surface area contributed by atoms with Crippen molar-refractivity contribution >= 4 is 17.1 Å². The monoisotopic (exact) mass is 299 g/mol. The zero-order valence-corrected chi connectivity index (χ0v) is 11.0. The third-order valence-electron chi connectivity index (χ3n) is 3.59. The quantitative estimate of drug-likeness (QED) is 0.603. The number of ether oxygens (including phenoxy) is 1. The summed E-state index contributed by atoms with van der Waals surface area (Å²) in [5, 5.41) is 18.7. The molecule has 0 aromatic carbocycles. The van der Waals surface area contributed by atoms with Gasteiger partial charge in [0.2, 0.25) is 5.95 Å². The summed E-state index contributed by atoms with van der Waals surface area (Å²) < 4.78 is 21.7. The van der Waals surface area contributed by atoms with Crippen molar-refractivity contribution in [1.82, 2.24) is 19.1 Å². The number of halogens is 1. The van der Waals surface area contributed by atoms with E-state index in [0.717, 1.165) is 4.57 Å². The van der Waals surface area contributed by atoms with Crippen LogP contribution in [0.25, 0.3) is 11.2 Å².